The number of imidazole rings is 1. The zero-order valence-corrected chi connectivity index (χ0v) is 23.3. The Morgan fingerprint density at radius 3 is 1.79 bits per heavy atom. The van der Waals surface area contributed by atoms with Crippen molar-refractivity contribution in [2.75, 3.05) is 0 Å². The van der Waals surface area contributed by atoms with E-state index in [1.54, 1.807) is 0 Å². The summed E-state index contributed by atoms with van der Waals surface area (Å²) in [7, 11) is 0. The first kappa shape index (κ1) is 22.9. The number of rotatable bonds is 2. The number of pyridine rings is 1. The number of hydrogen-bond donors (Lipinski definition) is 0. The van der Waals surface area contributed by atoms with Gasteiger partial charge in [-0.1, -0.05) is 121 Å². The van der Waals surface area contributed by atoms with Crippen LogP contribution in [0.5, 0.6) is 0 Å². The molecule has 7 aromatic carbocycles. The van der Waals surface area contributed by atoms with Gasteiger partial charge < -0.3 is 0 Å². The molecule has 3 heterocycles. The van der Waals surface area contributed by atoms with E-state index in [2.05, 4.69) is 150 Å². The van der Waals surface area contributed by atoms with Gasteiger partial charge in [-0.2, -0.15) is 0 Å². The summed E-state index contributed by atoms with van der Waals surface area (Å²) in [5.41, 5.74) is 8.00. The highest BCUT2D eigenvalue weighted by molar-refractivity contribution is 6.33. The molecule has 0 saturated heterocycles. The van der Waals surface area contributed by atoms with Crippen molar-refractivity contribution in [2.24, 2.45) is 0 Å². The molecule has 0 fully saturated rings. The molecule has 0 atom stereocenters. The summed E-state index contributed by atoms with van der Waals surface area (Å²) < 4.78 is 2.33. The van der Waals surface area contributed by atoms with E-state index >= 15 is 0 Å². The molecule has 10 aromatic rings. The molecule has 0 aliphatic carbocycles. The maximum Gasteiger partial charge on any atom is 0.138 e. The first-order chi connectivity index (χ1) is 21.3. The molecule has 0 bridgehead atoms. The molecule has 43 heavy (non-hydrogen) atoms. The number of fused-ring (bicyclic) bond motifs is 11. The van der Waals surface area contributed by atoms with Gasteiger partial charge in [0.2, 0.25) is 0 Å². The van der Waals surface area contributed by atoms with E-state index < -0.39 is 0 Å². The lowest BCUT2D eigenvalue weighted by molar-refractivity contribution is 1.31. The molecule has 0 saturated carbocycles. The van der Waals surface area contributed by atoms with Crippen molar-refractivity contribution >= 4 is 70.5 Å². The number of benzene rings is 7. The lowest BCUT2D eigenvalue weighted by Gasteiger charge is -2.16. The summed E-state index contributed by atoms with van der Waals surface area (Å²) in [6.45, 7) is 0. The van der Waals surface area contributed by atoms with Gasteiger partial charge in [-0.15, -0.1) is 0 Å². The molecule has 2 nitrogen and oxygen atoms in total. The zero-order chi connectivity index (χ0) is 28.1. The molecule has 0 aliphatic heterocycles. The fourth-order valence-electron chi connectivity index (χ4n) is 7.49. The van der Waals surface area contributed by atoms with Crippen LogP contribution in [0.3, 0.4) is 0 Å². The topological polar surface area (TPSA) is 17.3 Å². The first-order valence-corrected chi connectivity index (χ1v) is 14.8. The van der Waals surface area contributed by atoms with E-state index in [-0.39, 0.29) is 0 Å². The molecule has 0 spiro atoms. The van der Waals surface area contributed by atoms with Crippen LogP contribution in [0.2, 0.25) is 0 Å². The van der Waals surface area contributed by atoms with Crippen molar-refractivity contribution in [1.29, 1.82) is 0 Å². The molecule has 0 N–H and O–H groups in total. The molecular formula is C41H24N2. The monoisotopic (exact) mass is 544 g/mol. The average molecular weight is 545 g/mol. The van der Waals surface area contributed by atoms with E-state index in [4.69, 9.17) is 4.98 Å². The van der Waals surface area contributed by atoms with Crippen LogP contribution < -0.4 is 0 Å². The highest BCUT2D eigenvalue weighted by Gasteiger charge is 2.20. The Balaban J connectivity index is 1.35. The molecule has 198 valence electrons. The van der Waals surface area contributed by atoms with Crippen molar-refractivity contribution < 1.29 is 0 Å². The minimum Gasteiger partial charge on any atom is -0.292 e. The largest absolute Gasteiger partial charge is 0.292 e. The van der Waals surface area contributed by atoms with Crippen molar-refractivity contribution in [2.45, 2.75) is 0 Å². The Morgan fingerprint density at radius 2 is 1.02 bits per heavy atom. The molecular weight excluding hydrogens is 520 g/mol. The van der Waals surface area contributed by atoms with Crippen LogP contribution in [-0.2, 0) is 0 Å². The summed E-state index contributed by atoms with van der Waals surface area (Å²) in [6.07, 6.45) is 0. The number of nitrogens with zero attached hydrogens (tertiary/aromatic N) is 2. The van der Waals surface area contributed by atoms with Gasteiger partial charge in [0.1, 0.15) is 5.65 Å². The van der Waals surface area contributed by atoms with Crippen molar-refractivity contribution in [3.8, 4) is 22.4 Å². The molecule has 0 radical (unpaired) electrons. The molecule has 0 amide bonds. The Kier molecular flexibility index (Phi) is 4.48. The van der Waals surface area contributed by atoms with Crippen LogP contribution in [0.15, 0.2) is 146 Å². The van der Waals surface area contributed by atoms with Gasteiger partial charge in [0, 0.05) is 16.3 Å². The predicted molar refractivity (Wildman–Crippen MR) is 182 cm³/mol. The van der Waals surface area contributed by atoms with Crippen LogP contribution >= 0.6 is 0 Å². The number of hydrogen-bond acceptors (Lipinski definition) is 1. The fraction of sp³-hybridized carbons (Fsp3) is 0. The van der Waals surface area contributed by atoms with Gasteiger partial charge in [-0.25, -0.2) is 4.98 Å². The van der Waals surface area contributed by atoms with Crippen molar-refractivity contribution in [3.05, 3.63) is 146 Å². The first-order valence-electron chi connectivity index (χ1n) is 14.8. The molecule has 0 unspecified atom stereocenters. The summed E-state index contributed by atoms with van der Waals surface area (Å²) >= 11 is 0. The molecule has 0 aliphatic rings. The molecule has 2 heteroatoms. The highest BCUT2D eigenvalue weighted by Crippen LogP contribution is 2.44. The lowest BCUT2D eigenvalue weighted by atomic mass is 9.87. The van der Waals surface area contributed by atoms with Crippen LogP contribution in [0.1, 0.15) is 0 Å². The van der Waals surface area contributed by atoms with Crippen LogP contribution in [0.25, 0.3) is 92.9 Å². The molecule has 3 aromatic heterocycles. The molecule has 10 rings (SSSR count). The standard InChI is InChI=1S/C41H24N2/c1-2-11-25(12-3-1)40-41-36-23-26(21-22-31(36)37-19-10-20-38(42-40)43(37)41)34-24-35-29-15-5-4-13-27(29)28-14-6-8-17-32(28)39(35)33-18-9-7-16-30(33)34/h1-24H. The fourth-order valence-corrected chi connectivity index (χ4v) is 7.49. The van der Waals surface area contributed by atoms with E-state index in [1.807, 2.05) is 0 Å². The van der Waals surface area contributed by atoms with E-state index in [9.17, 15) is 0 Å². The third kappa shape index (κ3) is 3.05. The van der Waals surface area contributed by atoms with Crippen LogP contribution in [0.4, 0.5) is 0 Å². The van der Waals surface area contributed by atoms with Gasteiger partial charge in [0.05, 0.1) is 16.7 Å². The quantitative estimate of drug-likeness (QED) is 0.198. The third-order valence-corrected chi connectivity index (χ3v) is 9.30. The van der Waals surface area contributed by atoms with Crippen molar-refractivity contribution in [1.82, 2.24) is 9.38 Å². The second-order valence-corrected chi connectivity index (χ2v) is 11.5. The van der Waals surface area contributed by atoms with Gasteiger partial charge >= 0.3 is 0 Å². The Bertz CT molecular complexity index is 2720. The van der Waals surface area contributed by atoms with Crippen LogP contribution in [0, 0.1) is 0 Å². The number of aromatic nitrogens is 2. The summed E-state index contributed by atoms with van der Waals surface area (Å²) in [5.74, 6) is 0. The smallest absolute Gasteiger partial charge is 0.138 e. The van der Waals surface area contributed by atoms with Gasteiger partial charge in [0.15, 0.2) is 0 Å². The maximum absolute atomic E-state index is 5.11. The summed E-state index contributed by atoms with van der Waals surface area (Å²) in [5, 5.41) is 12.9. The average Bonchev–Trinajstić information content (AvgIpc) is 3.63. The SMILES string of the molecule is c1ccc(-c2nc3cccc4c5ccc(-c6cc7c8ccccc8c8ccccc8c7c7ccccc67)cc5c2n34)cc1. The van der Waals surface area contributed by atoms with Gasteiger partial charge in [-0.05, 0) is 78.5 Å². The summed E-state index contributed by atoms with van der Waals surface area (Å²) in [6, 6.07) is 53.0. The zero-order valence-electron chi connectivity index (χ0n) is 23.3. The normalized spacial score (nSPS) is 12.2. The Hall–Kier alpha value is -5.73. The maximum atomic E-state index is 5.11. The highest BCUT2D eigenvalue weighted by atomic mass is 15.0. The van der Waals surface area contributed by atoms with E-state index in [0.29, 0.717) is 0 Å². The lowest BCUT2D eigenvalue weighted by Crippen LogP contribution is -1.88. The van der Waals surface area contributed by atoms with E-state index in [0.717, 1.165) is 16.9 Å². The minimum atomic E-state index is 0.985. The third-order valence-electron chi connectivity index (χ3n) is 9.30. The Morgan fingerprint density at radius 1 is 0.395 bits per heavy atom. The minimum absolute atomic E-state index is 0.985. The second-order valence-electron chi connectivity index (χ2n) is 11.5. The van der Waals surface area contributed by atoms with Crippen LogP contribution in [-0.4, -0.2) is 9.38 Å². The van der Waals surface area contributed by atoms with Crippen molar-refractivity contribution in [3.63, 3.8) is 0 Å². The Labute approximate surface area is 247 Å². The van der Waals surface area contributed by atoms with Gasteiger partial charge in [0.25, 0.3) is 0 Å². The summed E-state index contributed by atoms with van der Waals surface area (Å²) in [4.78, 5) is 5.11. The van der Waals surface area contributed by atoms with Gasteiger partial charge in [-0.3, -0.25) is 4.40 Å². The van der Waals surface area contributed by atoms with E-state index in [1.165, 1.54) is 76.0 Å². The predicted octanol–water partition coefficient (Wildman–Crippen LogP) is 11.0. The second kappa shape index (κ2) is 8.40.